The summed E-state index contributed by atoms with van der Waals surface area (Å²) in [5.41, 5.74) is 1.01. The zero-order valence-electron chi connectivity index (χ0n) is 9.66. The van der Waals surface area contributed by atoms with Crippen LogP contribution < -0.4 is 10.6 Å². The van der Waals surface area contributed by atoms with Gasteiger partial charge in [0.25, 0.3) is 0 Å². The van der Waals surface area contributed by atoms with Crippen LogP contribution >= 0.6 is 0 Å². The highest BCUT2D eigenvalue weighted by Gasteiger charge is 2.29. The third kappa shape index (κ3) is 2.24. The fourth-order valence-corrected chi connectivity index (χ4v) is 1.80. The van der Waals surface area contributed by atoms with Gasteiger partial charge in [0.1, 0.15) is 0 Å². The zero-order chi connectivity index (χ0) is 11.5. The van der Waals surface area contributed by atoms with Gasteiger partial charge >= 0.3 is 0 Å². The molecule has 2 heterocycles. The third-order valence-corrected chi connectivity index (χ3v) is 3.31. The highest BCUT2D eigenvalue weighted by molar-refractivity contribution is 5.79. The molecular formula is C11H18N4O. The predicted octanol–water partition coefficient (Wildman–Crippen LogP) is 0.442. The van der Waals surface area contributed by atoms with E-state index in [-0.39, 0.29) is 17.9 Å². The van der Waals surface area contributed by atoms with E-state index in [4.69, 9.17) is 0 Å². The molecule has 1 fully saturated rings. The minimum Gasteiger partial charge on any atom is -0.349 e. The van der Waals surface area contributed by atoms with Crippen molar-refractivity contribution in [2.45, 2.75) is 19.9 Å². The molecule has 0 aromatic carbocycles. The van der Waals surface area contributed by atoms with Gasteiger partial charge in [0, 0.05) is 17.7 Å². The van der Waals surface area contributed by atoms with Crippen molar-refractivity contribution < 1.29 is 4.79 Å². The van der Waals surface area contributed by atoms with Crippen molar-refractivity contribution in [1.82, 2.24) is 20.8 Å². The minimum absolute atomic E-state index is 0.0155. The molecule has 5 nitrogen and oxygen atoms in total. The number of carbonyl (C=O) groups excluding carboxylic acids is 1. The van der Waals surface area contributed by atoms with Gasteiger partial charge in [-0.1, -0.05) is 6.92 Å². The molecule has 1 aromatic rings. The van der Waals surface area contributed by atoms with Crippen LogP contribution in [0.1, 0.15) is 25.5 Å². The summed E-state index contributed by atoms with van der Waals surface area (Å²) in [7, 11) is 0. The van der Waals surface area contributed by atoms with Crippen molar-refractivity contribution in [2.24, 2.45) is 11.8 Å². The Hall–Kier alpha value is -1.36. The largest absolute Gasteiger partial charge is 0.349 e. The van der Waals surface area contributed by atoms with Gasteiger partial charge in [-0.25, -0.2) is 0 Å². The van der Waals surface area contributed by atoms with Gasteiger partial charge in [-0.3, -0.25) is 9.89 Å². The van der Waals surface area contributed by atoms with E-state index in [0.29, 0.717) is 5.92 Å². The fourth-order valence-electron chi connectivity index (χ4n) is 1.80. The van der Waals surface area contributed by atoms with Gasteiger partial charge < -0.3 is 10.6 Å². The lowest BCUT2D eigenvalue weighted by Crippen LogP contribution is -2.49. The highest BCUT2D eigenvalue weighted by Crippen LogP contribution is 2.18. The topological polar surface area (TPSA) is 69.8 Å². The molecule has 2 atom stereocenters. The molecule has 2 rings (SSSR count). The van der Waals surface area contributed by atoms with Crippen LogP contribution in [0.4, 0.5) is 0 Å². The first-order chi connectivity index (χ1) is 7.68. The number of H-pyrrole nitrogens is 1. The van der Waals surface area contributed by atoms with Crippen LogP contribution in [0.3, 0.4) is 0 Å². The number of rotatable bonds is 4. The van der Waals surface area contributed by atoms with Gasteiger partial charge in [0.15, 0.2) is 0 Å². The molecule has 1 aliphatic heterocycles. The second kappa shape index (κ2) is 4.65. The van der Waals surface area contributed by atoms with E-state index < -0.39 is 0 Å². The third-order valence-electron chi connectivity index (χ3n) is 3.31. The van der Waals surface area contributed by atoms with E-state index >= 15 is 0 Å². The van der Waals surface area contributed by atoms with E-state index in [1.165, 1.54) is 0 Å². The number of carbonyl (C=O) groups is 1. The Morgan fingerprint density at radius 3 is 2.81 bits per heavy atom. The Bertz CT molecular complexity index is 345. The molecule has 0 saturated carbocycles. The molecule has 88 valence electrons. The van der Waals surface area contributed by atoms with Gasteiger partial charge in [-0.15, -0.1) is 0 Å². The average molecular weight is 222 g/mol. The van der Waals surface area contributed by atoms with Gasteiger partial charge in [-0.05, 0) is 25.9 Å². The quantitative estimate of drug-likeness (QED) is 0.692. The lowest BCUT2D eigenvalue weighted by molar-refractivity contribution is -0.127. The number of aromatic amines is 1. The van der Waals surface area contributed by atoms with Crippen molar-refractivity contribution in [2.75, 3.05) is 13.1 Å². The van der Waals surface area contributed by atoms with Crippen LogP contribution in [0.5, 0.6) is 0 Å². The van der Waals surface area contributed by atoms with Crippen molar-refractivity contribution in [3.8, 4) is 0 Å². The maximum absolute atomic E-state index is 11.9. The van der Waals surface area contributed by atoms with Crippen LogP contribution in [0.15, 0.2) is 12.4 Å². The summed E-state index contributed by atoms with van der Waals surface area (Å²) in [6, 6.07) is 0.0155. The molecule has 5 heteroatoms. The summed E-state index contributed by atoms with van der Waals surface area (Å²) in [5, 5.41) is 12.8. The van der Waals surface area contributed by atoms with Crippen LogP contribution in [-0.2, 0) is 4.79 Å². The molecule has 1 amide bonds. The Kier molecular flexibility index (Phi) is 3.24. The molecule has 2 unspecified atom stereocenters. The standard InChI is InChI=1S/C11H18N4O/c1-7(9-3-12-4-9)11(16)15-8(2)10-5-13-14-6-10/h5-9,12H,3-4H2,1-2H3,(H,13,14)(H,15,16). The molecule has 0 spiro atoms. The summed E-state index contributed by atoms with van der Waals surface area (Å²) >= 11 is 0. The number of amides is 1. The number of hydrogen-bond donors (Lipinski definition) is 3. The lowest BCUT2D eigenvalue weighted by atomic mass is 9.88. The smallest absolute Gasteiger partial charge is 0.223 e. The van der Waals surface area contributed by atoms with Gasteiger partial charge in [-0.2, -0.15) is 5.10 Å². The Morgan fingerprint density at radius 1 is 1.56 bits per heavy atom. The Balaban J connectivity index is 1.86. The fraction of sp³-hybridized carbons (Fsp3) is 0.636. The van der Waals surface area contributed by atoms with E-state index in [2.05, 4.69) is 20.8 Å². The summed E-state index contributed by atoms with van der Waals surface area (Å²) in [6.07, 6.45) is 3.54. The monoisotopic (exact) mass is 222 g/mol. The number of aromatic nitrogens is 2. The summed E-state index contributed by atoms with van der Waals surface area (Å²) in [5.74, 6) is 0.687. The van der Waals surface area contributed by atoms with Gasteiger partial charge in [0.2, 0.25) is 5.91 Å². The lowest BCUT2D eigenvalue weighted by Gasteiger charge is -2.32. The second-order valence-corrected chi connectivity index (χ2v) is 4.47. The molecular weight excluding hydrogens is 204 g/mol. The first kappa shape index (κ1) is 11.1. The molecule has 0 aliphatic carbocycles. The van der Waals surface area contributed by atoms with Gasteiger partial charge in [0.05, 0.1) is 12.2 Å². The first-order valence-electron chi connectivity index (χ1n) is 5.68. The summed E-state index contributed by atoms with van der Waals surface area (Å²) in [6.45, 7) is 5.86. The normalized spacial score (nSPS) is 19.9. The average Bonchev–Trinajstić information content (AvgIpc) is 2.67. The zero-order valence-corrected chi connectivity index (χ0v) is 9.66. The van der Waals surface area contributed by atoms with E-state index in [1.807, 2.05) is 13.8 Å². The van der Waals surface area contributed by atoms with E-state index in [1.54, 1.807) is 12.4 Å². The minimum atomic E-state index is 0.0155. The van der Waals surface area contributed by atoms with E-state index in [9.17, 15) is 4.79 Å². The molecule has 3 N–H and O–H groups in total. The predicted molar refractivity (Wildman–Crippen MR) is 60.7 cm³/mol. The number of hydrogen-bond acceptors (Lipinski definition) is 3. The number of nitrogens with zero attached hydrogens (tertiary/aromatic N) is 1. The van der Waals surface area contributed by atoms with Crippen molar-refractivity contribution in [3.63, 3.8) is 0 Å². The SMILES string of the molecule is CC(NC(=O)C(C)C1CNC1)c1cn[nH]c1. The van der Waals surface area contributed by atoms with Crippen LogP contribution in [-0.4, -0.2) is 29.2 Å². The first-order valence-corrected chi connectivity index (χ1v) is 5.68. The molecule has 1 saturated heterocycles. The van der Waals surface area contributed by atoms with E-state index in [0.717, 1.165) is 18.7 Å². The maximum Gasteiger partial charge on any atom is 0.223 e. The van der Waals surface area contributed by atoms with Crippen molar-refractivity contribution in [1.29, 1.82) is 0 Å². The maximum atomic E-state index is 11.9. The molecule has 0 radical (unpaired) electrons. The summed E-state index contributed by atoms with van der Waals surface area (Å²) in [4.78, 5) is 11.9. The second-order valence-electron chi connectivity index (χ2n) is 4.47. The van der Waals surface area contributed by atoms with Crippen molar-refractivity contribution in [3.05, 3.63) is 18.0 Å². The Labute approximate surface area is 95.0 Å². The van der Waals surface area contributed by atoms with Crippen LogP contribution in [0.25, 0.3) is 0 Å². The molecule has 1 aromatic heterocycles. The Morgan fingerprint density at radius 2 is 2.31 bits per heavy atom. The highest BCUT2D eigenvalue weighted by atomic mass is 16.1. The summed E-state index contributed by atoms with van der Waals surface area (Å²) < 4.78 is 0. The molecule has 16 heavy (non-hydrogen) atoms. The van der Waals surface area contributed by atoms with Crippen LogP contribution in [0.2, 0.25) is 0 Å². The molecule has 1 aliphatic rings. The van der Waals surface area contributed by atoms with Crippen LogP contribution in [0, 0.1) is 11.8 Å². The number of nitrogens with one attached hydrogen (secondary N) is 3. The molecule has 0 bridgehead atoms. The van der Waals surface area contributed by atoms with Crippen molar-refractivity contribution >= 4 is 5.91 Å².